The van der Waals surface area contributed by atoms with Crippen LogP contribution in [0.3, 0.4) is 0 Å². The summed E-state index contributed by atoms with van der Waals surface area (Å²) in [5.74, 6) is 0.541. The van der Waals surface area contributed by atoms with Gasteiger partial charge in [-0.1, -0.05) is 18.2 Å². The number of rotatable bonds is 2. The Balaban J connectivity index is 1.88. The first-order valence-corrected chi connectivity index (χ1v) is 7.94. The highest BCUT2D eigenvalue weighted by Gasteiger charge is 2.43. The minimum atomic E-state index is -0.976. The van der Waals surface area contributed by atoms with Gasteiger partial charge in [0.05, 0.1) is 17.7 Å². The van der Waals surface area contributed by atoms with Gasteiger partial charge in [-0.05, 0) is 44.2 Å². The summed E-state index contributed by atoms with van der Waals surface area (Å²) in [4.78, 5) is 12.4. The van der Waals surface area contributed by atoms with Gasteiger partial charge < -0.3 is 20.5 Å². The molecule has 3 rings (SSSR count). The van der Waals surface area contributed by atoms with E-state index in [9.17, 15) is 9.90 Å². The quantitative estimate of drug-likeness (QED) is 0.785. The van der Waals surface area contributed by atoms with Crippen molar-refractivity contribution < 1.29 is 14.6 Å². The maximum Gasteiger partial charge on any atom is 0.319 e. The third-order valence-electron chi connectivity index (χ3n) is 4.19. The van der Waals surface area contributed by atoms with E-state index >= 15 is 0 Å². The Morgan fingerprint density at radius 3 is 2.64 bits per heavy atom. The molecule has 0 aliphatic carbocycles. The van der Waals surface area contributed by atoms with Crippen molar-refractivity contribution in [2.75, 3.05) is 5.32 Å². The number of amides is 2. The Labute approximate surface area is 146 Å². The number of aliphatic hydroxyl groups is 1. The zero-order valence-corrected chi connectivity index (χ0v) is 14.0. The molecule has 1 aliphatic heterocycles. The van der Waals surface area contributed by atoms with E-state index in [4.69, 9.17) is 10.00 Å². The number of nitrogens with zero attached hydrogens (tertiary/aromatic N) is 1. The number of nitriles is 1. The topological polar surface area (TPSA) is 94.4 Å². The van der Waals surface area contributed by atoms with E-state index in [2.05, 4.69) is 16.7 Å². The molecule has 25 heavy (non-hydrogen) atoms. The van der Waals surface area contributed by atoms with Crippen LogP contribution >= 0.6 is 0 Å². The van der Waals surface area contributed by atoms with Crippen LogP contribution in [0.2, 0.25) is 0 Å². The van der Waals surface area contributed by atoms with Gasteiger partial charge in [-0.25, -0.2) is 4.79 Å². The highest BCUT2D eigenvalue weighted by molar-refractivity contribution is 5.89. The van der Waals surface area contributed by atoms with Crippen LogP contribution in [-0.4, -0.2) is 22.8 Å². The van der Waals surface area contributed by atoms with Crippen LogP contribution in [0, 0.1) is 11.3 Å². The van der Waals surface area contributed by atoms with E-state index in [0.29, 0.717) is 22.6 Å². The number of ether oxygens (including phenoxy) is 1. The molecule has 0 spiro atoms. The number of benzene rings is 2. The van der Waals surface area contributed by atoms with Gasteiger partial charge in [0, 0.05) is 11.3 Å². The van der Waals surface area contributed by atoms with Crippen LogP contribution in [-0.2, 0) is 0 Å². The molecule has 2 amide bonds. The molecule has 6 heteroatoms. The number of hydrogen-bond acceptors (Lipinski definition) is 4. The minimum absolute atomic E-state index is 0.435. The molecule has 128 valence electrons. The molecule has 0 aromatic heterocycles. The lowest BCUT2D eigenvalue weighted by molar-refractivity contribution is -0.0618. The first kappa shape index (κ1) is 16.8. The summed E-state index contributed by atoms with van der Waals surface area (Å²) in [6, 6.07) is 14.9. The van der Waals surface area contributed by atoms with Gasteiger partial charge >= 0.3 is 6.03 Å². The lowest BCUT2D eigenvalue weighted by Gasteiger charge is -2.42. The average molecular weight is 337 g/mol. The summed E-state index contributed by atoms with van der Waals surface area (Å²) in [5, 5.41) is 25.3. The molecule has 1 aliphatic rings. The fraction of sp³-hybridized carbons (Fsp3) is 0.263. The molecule has 0 fully saturated rings. The molecule has 0 bridgehead atoms. The SMILES string of the molecule is CC1(C)Oc2ccc(C#N)cc2[C@@H](NC(=O)Nc2ccccc2)[C@@H]1O. The Morgan fingerprint density at radius 1 is 1.24 bits per heavy atom. The van der Waals surface area contributed by atoms with E-state index in [-0.39, 0.29) is 0 Å². The zero-order chi connectivity index (χ0) is 18.0. The predicted octanol–water partition coefficient (Wildman–Crippen LogP) is 2.95. The number of para-hydroxylation sites is 1. The predicted molar refractivity (Wildman–Crippen MR) is 93.2 cm³/mol. The summed E-state index contributed by atoms with van der Waals surface area (Å²) in [5.41, 5.74) is 0.775. The van der Waals surface area contributed by atoms with Gasteiger partial charge in [0.2, 0.25) is 0 Å². The molecular formula is C19H19N3O3. The van der Waals surface area contributed by atoms with Crippen LogP contribution < -0.4 is 15.4 Å². The molecular weight excluding hydrogens is 318 g/mol. The maximum absolute atomic E-state index is 12.4. The molecule has 0 unspecified atom stereocenters. The van der Waals surface area contributed by atoms with E-state index in [0.717, 1.165) is 0 Å². The largest absolute Gasteiger partial charge is 0.485 e. The number of fused-ring (bicyclic) bond motifs is 1. The lowest BCUT2D eigenvalue weighted by atomic mass is 9.86. The number of aliphatic hydroxyl groups excluding tert-OH is 1. The van der Waals surface area contributed by atoms with Crippen molar-refractivity contribution in [1.82, 2.24) is 5.32 Å². The Morgan fingerprint density at radius 2 is 1.96 bits per heavy atom. The number of urea groups is 1. The highest BCUT2D eigenvalue weighted by Crippen LogP contribution is 2.40. The van der Waals surface area contributed by atoms with Gasteiger partial charge in [-0.15, -0.1) is 0 Å². The molecule has 2 aromatic rings. The van der Waals surface area contributed by atoms with Gasteiger partial charge in [0.25, 0.3) is 0 Å². The molecule has 2 aromatic carbocycles. The minimum Gasteiger partial charge on any atom is -0.485 e. The number of carbonyl (C=O) groups excluding carboxylic acids is 1. The first-order chi connectivity index (χ1) is 11.9. The fourth-order valence-corrected chi connectivity index (χ4v) is 2.86. The second-order valence-corrected chi connectivity index (χ2v) is 6.46. The average Bonchev–Trinajstić information content (AvgIpc) is 2.59. The van der Waals surface area contributed by atoms with Crippen LogP contribution in [0.5, 0.6) is 5.75 Å². The maximum atomic E-state index is 12.4. The molecule has 2 atom stereocenters. The zero-order valence-electron chi connectivity index (χ0n) is 14.0. The van der Waals surface area contributed by atoms with E-state index in [1.165, 1.54) is 0 Å². The second-order valence-electron chi connectivity index (χ2n) is 6.46. The van der Waals surface area contributed by atoms with Crippen molar-refractivity contribution in [2.45, 2.75) is 31.6 Å². The van der Waals surface area contributed by atoms with Gasteiger partial charge in [-0.3, -0.25) is 0 Å². The van der Waals surface area contributed by atoms with E-state index in [1.807, 2.05) is 18.2 Å². The van der Waals surface area contributed by atoms with Crippen molar-refractivity contribution in [2.24, 2.45) is 0 Å². The van der Waals surface area contributed by atoms with Crippen molar-refractivity contribution >= 4 is 11.7 Å². The van der Waals surface area contributed by atoms with E-state index in [1.54, 1.807) is 44.2 Å². The second kappa shape index (κ2) is 6.46. The molecule has 0 saturated heterocycles. The molecule has 3 N–H and O–H groups in total. The molecule has 0 radical (unpaired) electrons. The highest BCUT2D eigenvalue weighted by atomic mass is 16.5. The Hall–Kier alpha value is -3.04. The van der Waals surface area contributed by atoms with Crippen molar-refractivity contribution in [3.63, 3.8) is 0 Å². The third-order valence-corrected chi connectivity index (χ3v) is 4.19. The summed E-state index contributed by atoms with van der Waals surface area (Å²) >= 11 is 0. The summed E-state index contributed by atoms with van der Waals surface area (Å²) in [6.07, 6.45) is -0.976. The number of anilines is 1. The van der Waals surface area contributed by atoms with Crippen LogP contribution in [0.1, 0.15) is 31.0 Å². The van der Waals surface area contributed by atoms with Crippen LogP contribution in [0.4, 0.5) is 10.5 Å². The smallest absolute Gasteiger partial charge is 0.319 e. The summed E-state index contributed by atoms with van der Waals surface area (Å²) in [7, 11) is 0. The van der Waals surface area contributed by atoms with Gasteiger partial charge in [0.15, 0.2) is 0 Å². The van der Waals surface area contributed by atoms with Crippen molar-refractivity contribution in [3.8, 4) is 11.8 Å². The normalized spacial score (nSPS) is 20.6. The standard InChI is InChI=1S/C19H19N3O3/c1-19(2)17(23)16(14-10-12(11-20)8-9-15(14)25-19)22-18(24)21-13-6-4-3-5-7-13/h3-10,16-17,23H,1-2H3,(H2,21,22,24)/t16-,17+/m1/s1. The first-order valence-electron chi connectivity index (χ1n) is 7.94. The van der Waals surface area contributed by atoms with Crippen molar-refractivity contribution in [1.29, 1.82) is 5.26 Å². The van der Waals surface area contributed by atoms with Crippen LogP contribution in [0.15, 0.2) is 48.5 Å². The van der Waals surface area contributed by atoms with Gasteiger partial charge in [-0.2, -0.15) is 5.26 Å². The Kier molecular flexibility index (Phi) is 4.34. The van der Waals surface area contributed by atoms with Crippen molar-refractivity contribution in [3.05, 3.63) is 59.7 Å². The molecule has 1 heterocycles. The summed E-state index contributed by atoms with van der Waals surface area (Å²) in [6.45, 7) is 3.51. The fourth-order valence-electron chi connectivity index (χ4n) is 2.86. The van der Waals surface area contributed by atoms with Crippen LogP contribution in [0.25, 0.3) is 0 Å². The Bertz CT molecular complexity index is 828. The van der Waals surface area contributed by atoms with Gasteiger partial charge in [0.1, 0.15) is 17.5 Å². The van der Waals surface area contributed by atoms with E-state index < -0.39 is 23.8 Å². The molecule has 0 saturated carbocycles. The molecule has 6 nitrogen and oxygen atoms in total. The summed E-state index contributed by atoms with van der Waals surface area (Å²) < 4.78 is 5.83. The number of nitrogens with one attached hydrogen (secondary N) is 2. The number of hydrogen-bond donors (Lipinski definition) is 3. The lowest BCUT2D eigenvalue weighted by Crippen LogP contribution is -2.54. The third kappa shape index (κ3) is 3.42. The monoisotopic (exact) mass is 337 g/mol. The number of carbonyl (C=O) groups is 1.